The van der Waals surface area contributed by atoms with Gasteiger partial charge in [0.2, 0.25) is 5.91 Å². The van der Waals surface area contributed by atoms with Gasteiger partial charge in [0.25, 0.3) is 0 Å². The van der Waals surface area contributed by atoms with E-state index in [4.69, 9.17) is 16.3 Å². The van der Waals surface area contributed by atoms with Gasteiger partial charge in [0.15, 0.2) is 0 Å². The van der Waals surface area contributed by atoms with Gasteiger partial charge in [-0.15, -0.1) is 0 Å². The molecular formula is C19H19ClFNO3. The maximum absolute atomic E-state index is 13.2. The van der Waals surface area contributed by atoms with Crippen LogP contribution in [0.5, 0.6) is 5.75 Å². The van der Waals surface area contributed by atoms with Crippen LogP contribution in [0.15, 0.2) is 48.5 Å². The molecule has 1 N–H and O–H groups in total. The molecule has 132 valence electrons. The topological polar surface area (TPSA) is 49.8 Å². The van der Waals surface area contributed by atoms with E-state index >= 15 is 0 Å². The van der Waals surface area contributed by atoms with Gasteiger partial charge >= 0.3 is 0 Å². The summed E-state index contributed by atoms with van der Waals surface area (Å²) >= 11 is 5.84. The zero-order chi connectivity index (χ0) is 17.8. The van der Waals surface area contributed by atoms with Crippen LogP contribution in [0.1, 0.15) is 12.0 Å². The van der Waals surface area contributed by atoms with Crippen molar-refractivity contribution < 1.29 is 19.0 Å². The van der Waals surface area contributed by atoms with Crippen LogP contribution in [0.3, 0.4) is 0 Å². The molecule has 1 aliphatic rings. The minimum atomic E-state index is -0.777. The van der Waals surface area contributed by atoms with Crippen LogP contribution < -0.4 is 4.74 Å². The van der Waals surface area contributed by atoms with Crippen molar-refractivity contribution in [2.45, 2.75) is 25.0 Å². The molecular weight excluding hydrogens is 345 g/mol. The molecule has 1 heterocycles. The molecule has 1 saturated heterocycles. The number of hydrogen-bond donors (Lipinski definition) is 1. The summed E-state index contributed by atoms with van der Waals surface area (Å²) < 4.78 is 19.0. The van der Waals surface area contributed by atoms with E-state index < -0.39 is 6.10 Å². The maximum atomic E-state index is 13.2. The molecule has 0 spiro atoms. The molecule has 1 amide bonds. The molecule has 2 aromatic rings. The van der Waals surface area contributed by atoms with E-state index in [1.807, 2.05) is 0 Å². The Kier molecular flexibility index (Phi) is 5.56. The molecule has 6 heteroatoms. The Morgan fingerprint density at radius 3 is 2.72 bits per heavy atom. The lowest BCUT2D eigenvalue weighted by Crippen LogP contribution is -2.51. The van der Waals surface area contributed by atoms with Gasteiger partial charge in [-0.1, -0.05) is 23.7 Å². The van der Waals surface area contributed by atoms with Gasteiger partial charge in [-0.05, 0) is 42.0 Å². The summed E-state index contributed by atoms with van der Waals surface area (Å²) in [5.74, 6) is 0.142. The number of aliphatic hydroxyl groups excluding tert-OH is 1. The first kappa shape index (κ1) is 17.7. The van der Waals surface area contributed by atoms with Crippen LogP contribution >= 0.6 is 11.6 Å². The lowest BCUT2D eigenvalue weighted by atomic mass is 10.0. The number of carbonyl (C=O) groups excluding carboxylic acids is 1. The molecule has 0 unspecified atom stereocenters. The molecule has 0 aromatic heterocycles. The number of halogens is 2. The van der Waals surface area contributed by atoms with Gasteiger partial charge in [-0.3, -0.25) is 4.79 Å². The Morgan fingerprint density at radius 2 is 2.04 bits per heavy atom. The molecule has 1 aliphatic heterocycles. The maximum Gasteiger partial charge on any atom is 0.227 e. The quantitative estimate of drug-likeness (QED) is 0.908. The highest BCUT2D eigenvalue weighted by Crippen LogP contribution is 2.22. The summed E-state index contributed by atoms with van der Waals surface area (Å²) in [6.07, 6.45) is -0.508. The molecule has 0 bridgehead atoms. The number of aliphatic hydroxyl groups is 1. The predicted molar refractivity (Wildman–Crippen MR) is 93.2 cm³/mol. The van der Waals surface area contributed by atoms with E-state index in [9.17, 15) is 14.3 Å². The first-order valence-electron chi connectivity index (χ1n) is 8.14. The highest BCUT2D eigenvalue weighted by Gasteiger charge is 2.31. The Bertz CT molecular complexity index is 738. The SMILES string of the molecule is O=C(Cc1cccc(F)c1)N1CC[C@@H](Oc2ccc(Cl)cc2)[C@H](O)C1. The van der Waals surface area contributed by atoms with Gasteiger partial charge in [0.05, 0.1) is 13.0 Å². The first-order chi connectivity index (χ1) is 12.0. The van der Waals surface area contributed by atoms with Gasteiger partial charge < -0.3 is 14.7 Å². The van der Waals surface area contributed by atoms with Crippen LogP contribution in [0.25, 0.3) is 0 Å². The number of likely N-dealkylation sites (tertiary alicyclic amines) is 1. The van der Waals surface area contributed by atoms with E-state index in [2.05, 4.69) is 0 Å². The second-order valence-electron chi connectivity index (χ2n) is 6.11. The minimum absolute atomic E-state index is 0.118. The molecule has 2 aromatic carbocycles. The van der Waals surface area contributed by atoms with Crippen molar-refractivity contribution in [1.82, 2.24) is 4.90 Å². The molecule has 3 rings (SSSR count). The van der Waals surface area contributed by atoms with E-state index in [1.165, 1.54) is 12.1 Å². The van der Waals surface area contributed by atoms with Crippen LogP contribution in [-0.2, 0) is 11.2 Å². The normalized spacial score (nSPS) is 20.4. The summed E-state index contributed by atoms with van der Waals surface area (Å²) in [4.78, 5) is 14.0. The Labute approximate surface area is 150 Å². The number of hydrogen-bond acceptors (Lipinski definition) is 3. The van der Waals surface area contributed by atoms with Crippen molar-refractivity contribution in [3.05, 3.63) is 64.9 Å². The largest absolute Gasteiger partial charge is 0.488 e. The number of rotatable bonds is 4. The highest BCUT2D eigenvalue weighted by atomic mass is 35.5. The van der Waals surface area contributed by atoms with E-state index in [0.717, 1.165) is 0 Å². The number of benzene rings is 2. The van der Waals surface area contributed by atoms with Crippen LogP contribution in [0.4, 0.5) is 4.39 Å². The van der Waals surface area contributed by atoms with E-state index in [-0.39, 0.29) is 30.8 Å². The summed E-state index contributed by atoms with van der Waals surface area (Å²) in [6, 6.07) is 12.9. The average molecular weight is 364 g/mol. The average Bonchev–Trinajstić information content (AvgIpc) is 2.58. The van der Waals surface area contributed by atoms with Gasteiger partial charge in [-0.25, -0.2) is 4.39 Å². The fourth-order valence-electron chi connectivity index (χ4n) is 2.90. The lowest BCUT2D eigenvalue weighted by Gasteiger charge is -2.36. The molecule has 4 nitrogen and oxygen atoms in total. The zero-order valence-electron chi connectivity index (χ0n) is 13.6. The first-order valence-corrected chi connectivity index (χ1v) is 8.51. The summed E-state index contributed by atoms with van der Waals surface area (Å²) in [6.45, 7) is 0.690. The third-order valence-electron chi connectivity index (χ3n) is 4.22. The Hall–Kier alpha value is -2.11. The van der Waals surface area contributed by atoms with Crippen molar-refractivity contribution >= 4 is 17.5 Å². The van der Waals surface area contributed by atoms with Gasteiger partial charge in [-0.2, -0.15) is 0 Å². The third kappa shape index (κ3) is 4.71. The smallest absolute Gasteiger partial charge is 0.227 e. The van der Waals surface area contributed by atoms with Crippen molar-refractivity contribution in [1.29, 1.82) is 0 Å². The Morgan fingerprint density at radius 1 is 1.28 bits per heavy atom. The number of nitrogens with zero attached hydrogens (tertiary/aromatic N) is 1. The number of β-amino-alcohol motifs (C(OH)–C–C–N with tert-alkyl or cyclic N) is 1. The molecule has 25 heavy (non-hydrogen) atoms. The van der Waals surface area contributed by atoms with Gasteiger partial charge in [0.1, 0.15) is 23.8 Å². The standard InChI is InChI=1S/C19H19ClFNO3/c20-14-4-6-16(7-5-14)25-18-8-9-22(12-17(18)23)19(24)11-13-2-1-3-15(21)10-13/h1-7,10,17-18,23H,8-9,11-12H2/t17-,18-/m1/s1. The summed E-state index contributed by atoms with van der Waals surface area (Å²) in [7, 11) is 0. The molecule has 2 atom stereocenters. The third-order valence-corrected chi connectivity index (χ3v) is 4.47. The molecule has 0 radical (unpaired) electrons. The van der Waals surface area contributed by atoms with Crippen molar-refractivity contribution in [3.8, 4) is 5.75 Å². The van der Waals surface area contributed by atoms with Crippen molar-refractivity contribution in [3.63, 3.8) is 0 Å². The minimum Gasteiger partial charge on any atom is -0.488 e. The molecule has 0 aliphatic carbocycles. The van der Waals surface area contributed by atoms with Crippen molar-refractivity contribution in [2.75, 3.05) is 13.1 Å². The van der Waals surface area contributed by atoms with Gasteiger partial charge in [0, 0.05) is 18.0 Å². The fraction of sp³-hybridized carbons (Fsp3) is 0.316. The van der Waals surface area contributed by atoms with Crippen molar-refractivity contribution in [2.24, 2.45) is 0 Å². The van der Waals surface area contributed by atoms with Crippen LogP contribution in [-0.4, -0.2) is 41.2 Å². The highest BCUT2D eigenvalue weighted by molar-refractivity contribution is 6.30. The summed E-state index contributed by atoms with van der Waals surface area (Å²) in [5.41, 5.74) is 0.624. The zero-order valence-corrected chi connectivity index (χ0v) is 14.3. The number of carbonyl (C=O) groups is 1. The summed E-state index contributed by atoms with van der Waals surface area (Å²) in [5, 5.41) is 10.9. The number of piperidine rings is 1. The molecule has 0 saturated carbocycles. The monoisotopic (exact) mass is 363 g/mol. The lowest BCUT2D eigenvalue weighted by molar-refractivity contribution is -0.136. The van der Waals surface area contributed by atoms with E-state index in [0.29, 0.717) is 29.3 Å². The van der Waals surface area contributed by atoms with Crippen LogP contribution in [0.2, 0.25) is 5.02 Å². The number of amides is 1. The van der Waals surface area contributed by atoms with E-state index in [1.54, 1.807) is 41.3 Å². The van der Waals surface area contributed by atoms with Crippen LogP contribution in [0, 0.1) is 5.82 Å². The second kappa shape index (κ2) is 7.85. The Balaban J connectivity index is 1.55. The predicted octanol–water partition coefficient (Wildman–Crippen LogP) is 3.06. The molecule has 1 fully saturated rings. The number of ether oxygens (including phenoxy) is 1. The fourth-order valence-corrected chi connectivity index (χ4v) is 3.02. The second-order valence-corrected chi connectivity index (χ2v) is 6.55.